The minimum atomic E-state index is -0.371. The first-order valence-electron chi connectivity index (χ1n) is 6.36. The fourth-order valence-corrected chi connectivity index (χ4v) is 2.08. The van der Waals surface area contributed by atoms with E-state index in [0.717, 1.165) is 12.1 Å². The van der Waals surface area contributed by atoms with Crippen molar-refractivity contribution in [2.45, 2.75) is 26.2 Å². The Labute approximate surface area is 121 Å². The summed E-state index contributed by atoms with van der Waals surface area (Å²) in [6.45, 7) is 2.18. The van der Waals surface area contributed by atoms with Gasteiger partial charge in [-0.3, -0.25) is 0 Å². The molecule has 1 aromatic heterocycles. The number of rotatable bonds is 5. The van der Waals surface area contributed by atoms with Gasteiger partial charge in [0.1, 0.15) is 0 Å². The van der Waals surface area contributed by atoms with Crippen LogP contribution in [-0.2, 0) is 6.42 Å². The monoisotopic (exact) mass is 322 g/mol. The third-order valence-electron chi connectivity index (χ3n) is 2.84. The lowest BCUT2D eigenvalue weighted by Gasteiger charge is -2.07. The number of pyridine rings is 1. The van der Waals surface area contributed by atoms with Crippen LogP contribution in [0.15, 0.2) is 41.0 Å². The lowest BCUT2D eigenvalue weighted by molar-refractivity contribution is 0.625. The molecule has 0 atom stereocenters. The Morgan fingerprint density at radius 2 is 2.00 bits per heavy atom. The van der Waals surface area contributed by atoms with Gasteiger partial charge >= 0.3 is 0 Å². The quantitative estimate of drug-likeness (QED) is 0.831. The van der Waals surface area contributed by atoms with Crippen LogP contribution in [0.4, 0.5) is 15.9 Å². The van der Waals surface area contributed by atoms with Gasteiger partial charge in [-0.25, -0.2) is 9.37 Å². The first-order valence-corrected chi connectivity index (χ1v) is 7.15. The van der Waals surface area contributed by atoms with Gasteiger partial charge in [-0.15, -0.1) is 0 Å². The van der Waals surface area contributed by atoms with E-state index in [-0.39, 0.29) is 11.6 Å². The molecule has 2 nitrogen and oxygen atoms in total. The standard InChI is InChI=1S/C15H16BrFN2/c1-2-3-4-11-5-7-13(8-6-11)19-15-14(17)9-12(16)10-18-15/h5-10H,2-4H2,1H3,(H,18,19). The van der Waals surface area contributed by atoms with Gasteiger partial charge in [-0.1, -0.05) is 25.5 Å². The van der Waals surface area contributed by atoms with Gasteiger partial charge in [-0.2, -0.15) is 0 Å². The fraction of sp³-hybridized carbons (Fsp3) is 0.267. The molecule has 2 rings (SSSR count). The molecule has 0 saturated heterocycles. The van der Waals surface area contributed by atoms with Crippen LogP contribution in [0.2, 0.25) is 0 Å². The highest BCUT2D eigenvalue weighted by Gasteiger charge is 2.04. The van der Waals surface area contributed by atoms with Gasteiger partial charge in [0.05, 0.1) is 0 Å². The van der Waals surface area contributed by atoms with E-state index in [1.807, 2.05) is 12.1 Å². The number of aryl methyl sites for hydroxylation is 1. The number of unbranched alkanes of at least 4 members (excludes halogenated alkanes) is 1. The molecule has 0 unspecified atom stereocenters. The van der Waals surface area contributed by atoms with Crippen LogP contribution in [0.25, 0.3) is 0 Å². The second-order valence-corrected chi connectivity index (χ2v) is 5.33. The van der Waals surface area contributed by atoms with E-state index in [9.17, 15) is 4.39 Å². The Kier molecular flexibility index (Phi) is 4.91. The number of aromatic nitrogens is 1. The number of hydrogen-bond acceptors (Lipinski definition) is 2. The smallest absolute Gasteiger partial charge is 0.166 e. The summed E-state index contributed by atoms with van der Waals surface area (Å²) in [6.07, 6.45) is 5.03. The van der Waals surface area contributed by atoms with Crippen molar-refractivity contribution in [1.29, 1.82) is 0 Å². The zero-order valence-electron chi connectivity index (χ0n) is 10.8. The summed E-state index contributed by atoms with van der Waals surface area (Å²) in [6, 6.07) is 9.43. The second kappa shape index (κ2) is 6.66. The summed E-state index contributed by atoms with van der Waals surface area (Å²) in [4.78, 5) is 4.01. The molecule has 100 valence electrons. The average molecular weight is 323 g/mol. The third kappa shape index (κ3) is 4.03. The largest absolute Gasteiger partial charge is 0.338 e. The Bertz CT molecular complexity index is 540. The van der Waals surface area contributed by atoms with Crippen molar-refractivity contribution in [3.05, 3.63) is 52.4 Å². The highest BCUT2D eigenvalue weighted by Crippen LogP contribution is 2.21. The molecule has 0 aliphatic carbocycles. The van der Waals surface area contributed by atoms with Crippen LogP contribution >= 0.6 is 15.9 Å². The van der Waals surface area contributed by atoms with E-state index >= 15 is 0 Å². The van der Waals surface area contributed by atoms with Gasteiger partial charge in [-0.05, 0) is 52.5 Å². The van der Waals surface area contributed by atoms with Crippen molar-refractivity contribution in [3.8, 4) is 0 Å². The molecular formula is C15H16BrFN2. The van der Waals surface area contributed by atoms with Crippen LogP contribution in [0.5, 0.6) is 0 Å². The molecule has 0 bridgehead atoms. The Hall–Kier alpha value is -1.42. The maximum absolute atomic E-state index is 13.6. The van der Waals surface area contributed by atoms with Gasteiger partial charge < -0.3 is 5.32 Å². The molecular weight excluding hydrogens is 307 g/mol. The van der Waals surface area contributed by atoms with Crippen LogP contribution in [-0.4, -0.2) is 4.98 Å². The van der Waals surface area contributed by atoms with Crippen LogP contribution in [0.1, 0.15) is 25.3 Å². The molecule has 0 aliphatic rings. The normalized spacial score (nSPS) is 10.5. The summed E-state index contributed by atoms with van der Waals surface area (Å²) < 4.78 is 14.3. The molecule has 4 heteroatoms. The van der Waals surface area contributed by atoms with Crippen molar-refractivity contribution >= 4 is 27.4 Å². The molecule has 19 heavy (non-hydrogen) atoms. The topological polar surface area (TPSA) is 24.9 Å². The minimum Gasteiger partial charge on any atom is -0.338 e. The van der Waals surface area contributed by atoms with E-state index in [2.05, 4.69) is 45.3 Å². The minimum absolute atomic E-state index is 0.240. The van der Waals surface area contributed by atoms with Gasteiger partial charge in [0.15, 0.2) is 11.6 Å². The summed E-state index contributed by atoms with van der Waals surface area (Å²) in [7, 11) is 0. The van der Waals surface area contributed by atoms with Crippen molar-refractivity contribution in [2.24, 2.45) is 0 Å². The number of anilines is 2. The van der Waals surface area contributed by atoms with Gasteiger partial charge in [0.2, 0.25) is 0 Å². The summed E-state index contributed by atoms with van der Waals surface area (Å²) in [5, 5.41) is 2.98. The molecule has 0 spiro atoms. The molecule has 2 aromatic rings. The maximum Gasteiger partial charge on any atom is 0.166 e. The van der Waals surface area contributed by atoms with Crippen molar-refractivity contribution in [1.82, 2.24) is 4.98 Å². The van der Waals surface area contributed by atoms with Gasteiger partial charge in [0, 0.05) is 16.4 Å². The van der Waals surface area contributed by atoms with E-state index < -0.39 is 0 Å². The lowest BCUT2D eigenvalue weighted by atomic mass is 10.1. The Morgan fingerprint density at radius 1 is 1.26 bits per heavy atom. The van der Waals surface area contributed by atoms with E-state index in [1.165, 1.54) is 24.5 Å². The highest BCUT2D eigenvalue weighted by atomic mass is 79.9. The van der Waals surface area contributed by atoms with E-state index in [4.69, 9.17) is 0 Å². The number of benzene rings is 1. The number of nitrogens with one attached hydrogen (secondary N) is 1. The summed E-state index contributed by atoms with van der Waals surface area (Å²) >= 11 is 3.18. The van der Waals surface area contributed by atoms with Crippen molar-refractivity contribution in [2.75, 3.05) is 5.32 Å². The van der Waals surface area contributed by atoms with Crippen molar-refractivity contribution in [3.63, 3.8) is 0 Å². The number of nitrogens with zero attached hydrogens (tertiary/aromatic N) is 1. The molecule has 0 fully saturated rings. The SMILES string of the molecule is CCCCc1ccc(Nc2ncc(Br)cc2F)cc1. The summed E-state index contributed by atoms with van der Waals surface area (Å²) in [5.74, 6) is -0.131. The molecule has 0 aliphatic heterocycles. The Balaban J connectivity index is 2.06. The maximum atomic E-state index is 13.6. The predicted octanol–water partition coefficient (Wildman–Crippen LogP) is 5.07. The zero-order chi connectivity index (χ0) is 13.7. The van der Waals surface area contributed by atoms with Crippen LogP contribution in [0, 0.1) is 5.82 Å². The van der Waals surface area contributed by atoms with Gasteiger partial charge in [0.25, 0.3) is 0 Å². The van der Waals surface area contributed by atoms with E-state index in [0.29, 0.717) is 4.47 Å². The van der Waals surface area contributed by atoms with Crippen molar-refractivity contribution < 1.29 is 4.39 Å². The summed E-state index contributed by atoms with van der Waals surface area (Å²) in [5.41, 5.74) is 2.14. The zero-order valence-corrected chi connectivity index (χ0v) is 12.4. The molecule has 0 amide bonds. The number of hydrogen-bond donors (Lipinski definition) is 1. The molecule has 1 N–H and O–H groups in total. The first kappa shape index (κ1) is 14.0. The Morgan fingerprint density at radius 3 is 2.63 bits per heavy atom. The third-order valence-corrected chi connectivity index (χ3v) is 3.28. The first-order chi connectivity index (χ1) is 9.19. The predicted molar refractivity (Wildman–Crippen MR) is 80.2 cm³/mol. The molecule has 0 saturated carbocycles. The molecule has 1 aromatic carbocycles. The van der Waals surface area contributed by atoms with E-state index in [1.54, 1.807) is 6.20 Å². The average Bonchev–Trinajstić information content (AvgIpc) is 2.41. The van der Waals surface area contributed by atoms with Crippen LogP contribution in [0.3, 0.4) is 0 Å². The highest BCUT2D eigenvalue weighted by molar-refractivity contribution is 9.10. The lowest BCUT2D eigenvalue weighted by Crippen LogP contribution is -1.97. The fourth-order valence-electron chi connectivity index (χ4n) is 1.78. The molecule has 1 heterocycles. The van der Waals surface area contributed by atoms with Crippen LogP contribution < -0.4 is 5.32 Å². The molecule has 0 radical (unpaired) electrons. The second-order valence-electron chi connectivity index (χ2n) is 4.41. The number of halogens is 2.